The van der Waals surface area contributed by atoms with Crippen molar-refractivity contribution in [2.75, 3.05) is 26.2 Å². The summed E-state index contributed by atoms with van der Waals surface area (Å²) in [5.74, 6) is 0.757. The maximum atomic E-state index is 11.8. The van der Waals surface area contributed by atoms with E-state index < -0.39 is 0 Å². The van der Waals surface area contributed by atoms with Crippen LogP contribution in [-0.4, -0.2) is 43.2 Å². The molecule has 0 heterocycles. The summed E-state index contributed by atoms with van der Waals surface area (Å²) in [5.41, 5.74) is 1.91. The van der Waals surface area contributed by atoms with Gasteiger partial charge in [0.05, 0.1) is 6.54 Å². The van der Waals surface area contributed by atoms with E-state index in [4.69, 9.17) is 4.99 Å². The number of nitrogens with zero attached hydrogens (tertiary/aromatic N) is 1. The standard InChI is InChI=1S/C22H36N4O2.HI/c1-3-23-20(28)19-10-8-18(9-11-19)16-25-21(24-4-2)26-17-22(14-15-27)12-6-5-7-13-22;/h8-11,27H,3-7,12-17H2,1-2H3,(H,23,28)(H2,24,25,26);1H. The van der Waals surface area contributed by atoms with Gasteiger partial charge in [0.1, 0.15) is 0 Å². The van der Waals surface area contributed by atoms with Crippen molar-refractivity contribution in [3.8, 4) is 0 Å². The molecule has 0 unspecified atom stereocenters. The molecule has 0 atom stereocenters. The summed E-state index contributed by atoms with van der Waals surface area (Å²) >= 11 is 0. The quantitative estimate of drug-likeness (QED) is 0.230. The number of nitrogens with one attached hydrogen (secondary N) is 3. The van der Waals surface area contributed by atoms with Crippen molar-refractivity contribution in [3.63, 3.8) is 0 Å². The Morgan fingerprint density at radius 3 is 2.28 bits per heavy atom. The Kier molecular flexibility index (Phi) is 12.2. The molecule has 7 heteroatoms. The van der Waals surface area contributed by atoms with Crippen LogP contribution in [0.4, 0.5) is 0 Å². The van der Waals surface area contributed by atoms with Crippen LogP contribution < -0.4 is 16.0 Å². The van der Waals surface area contributed by atoms with Gasteiger partial charge in [0.2, 0.25) is 0 Å². The van der Waals surface area contributed by atoms with Crippen molar-refractivity contribution in [1.82, 2.24) is 16.0 Å². The highest BCUT2D eigenvalue weighted by Gasteiger charge is 2.31. The predicted molar refractivity (Wildman–Crippen MR) is 130 cm³/mol. The summed E-state index contributed by atoms with van der Waals surface area (Å²) in [6.45, 7) is 7.03. The Labute approximate surface area is 192 Å². The lowest BCUT2D eigenvalue weighted by molar-refractivity contribution is 0.0956. The maximum absolute atomic E-state index is 11.8. The molecule has 0 saturated heterocycles. The van der Waals surface area contributed by atoms with Crippen LogP contribution >= 0.6 is 24.0 Å². The molecule has 29 heavy (non-hydrogen) atoms. The molecule has 164 valence electrons. The zero-order chi connectivity index (χ0) is 20.2. The molecular weight excluding hydrogens is 479 g/mol. The summed E-state index contributed by atoms with van der Waals surface area (Å²) in [4.78, 5) is 16.6. The molecule has 0 radical (unpaired) electrons. The molecule has 6 nitrogen and oxygen atoms in total. The summed E-state index contributed by atoms with van der Waals surface area (Å²) in [5, 5.41) is 19.1. The van der Waals surface area contributed by atoms with E-state index in [1.165, 1.54) is 32.1 Å². The number of aliphatic hydroxyl groups is 1. The van der Waals surface area contributed by atoms with Crippen molar-refractivity contribution >= 4 is 35.8 Å². The second-order valence-corrected chi connectivity index (χ2v) is 7.64. The zero-order valence-electron chi connectivity index (χ0n) is 17.8. The highest BCUT2D eigenvalue weighted by atomic mass is 127. The van der Waals surface area contributed by atoms with Crippen molar-refractivity contribution in [1.29, 1.82) is 0 Å². The molecular formula is C22H37IN4O2. The van der Waals surface area contributed by atoms with Crippen molar-refractivity contribution in [2.45, 2.75) is 58.9 Å². The summed E-state index contributed by atoms with van der Waals surface area (Å²) in [6.07, 6.45) is 6.97. The third-order valence-corrected chi connectivity index (χ3v) is 5.50. The van der Waals surface area contributed by atoms with Gasteiger partial charge < -0.3 is 21.1 Å². The number of benzene rings is 1. The van der Waals surface area contributed by atoms with Crippen LogP contribution in [0.15, 0.2) is 29.3 Å². The van der Waals surface area contributed by atoms with E-state index in [2.05, 4.69) is 22.9 Å². The summed E-state index contributed by atoms with van der Waals surface area (Å²) < 4.78 is 0. The van der Waals surface area contributed by atoms with Gasteiger partial charge in [0.25, 0.3) is 5.91 Å². The van der Waals surface area contributed by atoms with E-state index >= 15 is 0 Å². The molecule has 0 aromatic heterocycles. The number of halogens is 1. The van der Waals surface area contributed by atoms with Crippen LogP contribution in [0.5, 0.6) is 0 Å². The van der Waals surface area contributed by atoms with Gasteiger partial charge in [-0.3, -0.25) is 4.79 Å². The van der Waals surface area contributed by atoms with E-state index in [0.29, 0.717) is 18.7 Å². The minimum Gasteiger partial charge on any atom is -0.396 e. The lowest BCUT2D eigenvalue weighted by atomic mass is 9.72. The van der Waals surface area contributed by atoms with Crippen molar-refractivity contribution < 1.29 is 9.90 Å². The van der Waals surface area contributed by atoms with Gasteiger partial charge in [-0.1, -0.05) is 31.4 Å². The second-order valence-electron chi connectivity index (χ2n) is 7.64. The van der Waals surface area contributed by atoms with Crippen LogP contribution in [0, 0.1) is 5.41 Å². The number of guanidine groups is 1. The first-order valence-electron chi connectivity index (χ1n) is 10.6. The SMILES string of the molecule is CCNC(=O)c1ccc(CN=C(NCC)NCC2(CCO)CCCCC2)cc1.I. The van der Waals surface area contributed by atoms with Crippen LogP contribution in [0.1, 0.15) is 68.3 Å². The number of aliphatic hydroxyl groups excluding tert-OH is 1. The summed E-state index contributed by atoms with van der Waals surface area (Å²) in [7, 11) is 0. The summed E-state index contributed by atoms with van der Waals surface area (Å²) in [6, 6.07) is 7.58. The van der Waals surface area contributed by atoms with Crippen LogP contribution in [0.25, 0.3) is 0 Å². The molecule has 0 bridgehead atoms. The molecule has 1 amide bonds. The maximum Gasteiger partial charge on any atom is 0.251 e. The average molecular weight is 516 g/mol. The Morgan fingerprint density at radius 1 is 1.03 bits per heavy atom. The van der Waals surface area contributed by atoms with E-state index in [0.717, 1.165) is 31.0 Å². The van der Waals surface area contributed by atoms with Gasteiger partial charge in [0.15, 0.2) is 5.96 Å². The molecule has 0 aliphatic heterocycles. The first-order chi connectivity index (χ1) is 13.6. The highest BCUT2D eigenvalue weighted by Crippen LogP contribution is 2.38. The van der Waals surface area contributed by atoms with E-state index in [1.54, 1.807) is 0 Å². The third kappa shape index (κ3) is 8.50. The monoisotopic (exact) mass is 516 g/mol. The smallest absolute Gasteiger partial charge is 0.251 e. The van der Waals surface area contributed by atoms with Crippen LogP contribution in [-0.2, 0) is 6.54 Å². The first kappa shape index (κ1) is 25.7. The van der Waals surface area contributed by atoms with Gasteiger partial charge in [0, 0.05) is 31.8 Å². The molecule has 1 fully saturated rings. The second kappa shape index (κ2) is 13.8. The number of carbonyl (C=O) groups excluding carboxylic acids is 1. The molecule has 0 spiro atoms. The van der Waals surface area contributed by atoms with Gasteiger partial charge in [-0.2, -0.15) is 0 Å². The predicted octanol–water partition coefficient (Wildman–Crippen LogP) is 3.44. The van der Waals surface area contributed by atoms with Crippen LogP contribution in [0.3, 0.4) is 0 Å². The fourth-order valence-corrected chi connectivity index (χ4v) is 3.86. The number of aliphatic imine (C=N–C) groups is 1. The van der Waals surface area contributed by atoms with Crippen molar-refractivity contribution in [3.05, 3.63) is 35.4 Å². The molecule has 1 aliphatic rings. The lowest BCUT2D eigenvalue weighted by Gasteiger charge is -2.37. The van der Waals surface area contributed by atoms with Gasteiger partial charge in [-0.25, -0.2) is 4.99 Å². The van der Waals surface area contributed by atoms with E-state index in [9.17, 15) is 9.90 Å². The molecule has 1 saturated carbocycles. The van der Waals surface area contributed by atoms with E-state index in [-0.39, 0.29) is 41.9 Å². The fraction of sp³-hybridized carbons (Fsp3) is 0.636. The minimum atomic E-state index is -0.0470. The van der Waals surface area contributed by atoms with Crippen LogP contribution in [0.2, 0.25) is 0 Å². The molecule has 2 rings (SSSR count). The number of amides is 1. The highest BCUT2D eigenvalue weighted by molar-refractivity contribution is 14.0. The minimum absolute atomic E-state index is 0. The Balaban J connectivity index is 0.00000420. The number of hydrogen-bond donors (Lipinski definition) is 4. The first-order valence-corrected chi connectivity index (χ1v) is 10.6. The average Bonchev–Trinajstić information content (AvgIpc) is 2.71. The molecule has 4 N–H and O–H groups in total. The zero-order valence-corrected chi connectivity index (χ0v) is 20.1. The Hall–Kier alpha value is -1.35. The normalized spacial score (nSPS) is 15.9. The van der Waals surface area contributed by atoms with Crippen molar-refractivity contribution in [2.24, 2.45) is 10.4 Å². The Bertz CT molecular complexity index is 623. The largest absolute Gasteiger partial charge is 0.396 e. The van der Waals surface area contributed by atoms with E-state index in [1.807, 2.05) is 31.2 Å². The molecule has 1 aliphatic carbocycles. The molecule has 1 aromatic rings. The lowest BCUT2D eigenvalue weighted by Crippen LogP contribution is -2.44. The third-order valence-electron chi connectivity index (χ3n) is 5.50. The molecule has 1 aromatic carbocycles. The Morgan fingerprint density at radius 2 is 1.69 bits per heavy atom. The van der Waals surface area contributed by atoms with Gasteiger partial charge in [-0.05, 0) is 56.2 Å². The topological polar surface area (TPSA) is 85.8 Å². The number of rotatable bonds is 9. The van der Waals surface area contributed by atoms with Gasteiger partial charge in [-0.15, -0.1) is 24.0 Å². The number of carbonyl (C=O) groups is 1. The fourth-order valence-electron chi connectivity index (χ4n) is 3.86. The van der Waals surface area contributed by atoms with Gasteiger partial charge >= 0.3 is 0 Å². The number of hydrogen-bond acceptors (Lipinski definition) is 3.